The van der Waals surface area contributed by atoms with E-state index in [2.05, 4.69) is 5.32 Å². The molecule has 1 N–H and O–H groups in total. The van der Waals surface area contributed by atoms with E-state index in [1.807, 2.05) is 0 Å². The van der Waals surface area contributed by atoms with Gasteiger partial charge in [0.15, 0.2) is 0 Å². The molecule has 0 radical (unpaired) electrons. The van der Waals surface area contributed by atoms with Crippen LogP contribution in [-0.4, -0.2) is 0 Å². The molecule has 0 heterocycles. The lowest BCUT2D eigenvalue weighted by molar-refractivity contribution is -0.139. The van der Waals surface area contributed by atoms with E-state index in [0.717, 1.165) is 17.7 Å². The van der Waals surface area contributed by atoms with Gasteiger partial charge < -0.3 is 5.32 Å². The van der Waals surface area contributed by atoms with E-state index in [0.29, 0.717) is 11.6 Å². The van der Waals surface area contributed by atoms with Gasteiger partial charge in [-0.2, -0.15) is 13.2 Å². The maximum absolute atomic E-state index is 13.1. The van der Waals surface area contributed by atoms with Crippen LogP contribution in [0.5, 0.6) is 0 Å². The van der Waals surface area contributed by atoms with Crippen LogP contribution in [0.15, 0.2) is 42.5 Å². The molecule has 0 unspecified atom stereocenters. The van der Waals surface area contributed by atoms with Gasteiger partial charge in [0.05, 0.1) is 5.56 Å². The van der Waals surface area contributed by atoms with Crippen LogP contribution in [-0.2, 0) is 12.7 Å². The topological polar surface area (TPSA) is 12.0 Å². The molecular formula is C14H10ClF4N. The van der Waals surface area contributed by atoms with Gasteiger partial charge in [0, 0.05) is 17.3 Å². The lowest BCUT2D eigenvalue weighted by Gasteiger charge is -2.12. The van der Waals surface area contributed by atoms with Crippen molar-refractivity contribution in [3.63, 3.8) is 0 Å². The van der Waals surface area contributed by atoms with E-state index in [1.54, 1.807) is 24.3 Å². The van der Waals surface area contributed by atoms with Gasteiger partial charge in [-0.05, 0) is 35.9 Å². The van der Waals surface area contributed by atoms with Gasteiger partial charge in [0.2, 0.25) is 0 Å². The number of halogens is 5. The summed E-state index contributed by atoms with van der Waals surface area (Å²) >= 11 is 5.81. The zero-order chi connectivity index (χ0) is 14.8. The van der Waals surface area contributed by atoms with E-state index < -0.39 is 17.6 Å². The Kier molecular flexibility index (Phi) is 4.18. The number of alkyl halides is 3. The smallest absolute Gasteiger partial charge is 0.381 e. The molecular weight excluding hydrogens is 294 g/mol. The van der Waals surface area contributed by atoms with Gasteiger partial charge in [-0.1, -0.05) is 23.7 Å². The zero-order valence-corrected chi connectivity index (χ0v) is 10.9. The molecule has 2 aromatic carbocycles. The van der Waals surface area contributed by atoms with Crippen molar-refractivity contribution in [3.05, 3.63) is 64.4 Å². The van der Waals surface area contributed by atoms with Gasteiger partial charge in [0.1, 0.15) is 5.82 Å². The maximum Gasteiger partial charge on any atom is 0.419 e. The predicted octanol–water partition coefficient (Wildman–Crippen LogP) is 5.11. The molecule has 0 amide bonds. The highest BCUT2D eigenvalue weighted by Crippen LogP contribution is 2.33. The maximum atomic E-state index is 13.1. The van der Waals surface area contributed by atoms with Crippen LogP contribution in [0.2, 0.25) is 5.02 Å². The first kappa shape index (κ1) is 14.7. The Hall–Kier alpha value is -1.75. The summed E-state index contributed by atoms with van der Waals surface area (Å²) in [5, 5.41) is 3.34. The Morgan fingerprint density at radius 1 is 1.05 bits per heavy atom. The first-order valence-electron chi connectivity index (χ1n) is 5.71. The SMILES string of the molecule is Fc1ccc(NCc2cccc(Cl)c2)cc1C(F)(F)F. The second kappa shape index (κ2) is 5.71. The molecule has 106 valence electrons. The minimum absolute atomic E-state index is 0.193. The van der Waals surface area contributed by atoms with Crippen LogP contribution >= 0.6 is 11.6 Å². The molecule has 0 spiro atoms. The average molecular weight is 304 g/mol. The molecule has 0 aliphatic rings. The third-order valence-electron chi connectivity index (χ3n) is 2.66. The fourth-order valence-corrected chi connectivity index (χ4v) is 1.92. The molecule has 0 aliphatic heterocycles. The molecule has 6 heteroatoms. The molecule has 0 saturated carbocycles. The average Bonchev–Trinajstić information content (AvgIpc) is 2.36. The van der Waals surface area contributed by atoms with Gasteiger partial charge in [-0.15, -0.1) is 0 Å². The van der Waals surface area contributed by atoms with Crippen LogP contribution < -0.4 is 5.32 Å². The van der Waals surface area contributed by atoms with Crippen LogP contribution in [0.25, 0.3) is 0 Å². The monoisotopic (exact) mass is 303 g/mol. The third-order valence-corrected chi connectivity index (χ3v) is 2.89. The highest BCUT2D eigenvalue weighted by molar-refractivity contribution is 6.30. The van der Waals surface area contributed by atoms with Crippen LogP contribution in [0.4, 0.5) is 23.2 Å². The van der Waals surface area contributed by atoms with Crippen molar-refractivity contribution in [3.8, 4) is 0 Å². The fraction of sp³-hybridized carbons (Fsp3) is 0.143. The molecule has 0 aromatic heterocycles. The van der Waals surface area contributed by atoms with Crippen molar-refractivity contribution < 1.29 is 17.6 Å². The van der Waals surface area contributed by atoms with Crippen molar-refractivity contribution >= 4 is 17.3 Å². The summed E-state index contributed by atoms with van der Waals surface area (Å²) in [6, 6.07) is 9.73. The number of rotatable bonds is 3. The van der Waals surface area contributed by atoms with E-state index in [-0.39, 0.29) is 5.69 Å². The quantitative estimate of drug-likeness (QED) is 0.777. The van der Waals surface area contributed by atoms with Crippen LogP contribution in [0, 0.1) is 5.82 Å². The van der Waals surface area contributed by atoms with E-state index in [9.17, 15) is 17.6 Å². The van der Waals surface area contributed by atoms with E-state index in [4.69, 9.17) is 11.6 Å². The molecule has 0 saturated heterocycles. The van der Waals surface area contributed by atoms with Crippen molar-refractivity contribution in [2.45, 2.75) is 12.7 Å². The van der Waals surface area contributed by atoms with Crippen molar-refractivity contribution in [1.29, 1.82) is 0 Å². The highest BCUT2D eigenvalue weighted by atomic mass is 35.5. The highest BCUT2D eigenvalue weighted by Gasteiger charge is 2.34. The molecule has 0 fully saturated rings. The Morgan fingerprint density at radius 3 is 2.45 bits per heavy atom. The number of benzene rings is 2. The zero-order valence-electron chi connectivity index (χ0n) is 10.1. The predicted molar refractivity (Wildman–Crippen MR) is 70.2 cm³/mol. The number of hydrogen-bond donors (Lipinski definition) is 1. The van der Waals surface area contributed by atoms with E-state index in [1.165, 1.54) is 6.07 Å². The Labute approximate surface area is 118 Å². The summed E-state index contributed by atoms with van der Waals surface area (Å²) in [5.74, 6) is -1.29. The standard InChI is InChI=1S/C14H10ClF4N/c15-10-3-1-2-9(6-10)8-20-11-4-5-13(16)12(7-11)14(17,18)19/h1-7,20H,8H2. The largest absolute Gasteiger partial charge is 0.419 e. The van der Waals surface area contributed by atoms with Crippen molar-refractivity contribution in [2.24, 2.45) is 0 Å². The third kappa shape index (κ3) is 3.63. The molecule has 0 aliphatic carbocycles. The summed E-state index contributed by atoms with van der Waals surface area (Å²) < 4.78 is 50.8. The molecule has 20 heavy (non-hydrogen) atoms. The minimum Gasteiger partial charge on any atom is -0.381 e. The Morgan fingerprint density at radius 2 is 1.80 bits per heavy atom. The second-order valence-electron chi connectivity index (χ2n) is 4.18. The molecule has 1 nitrogen and oxygen atoms in total. The van der Waals surface area contributed by atoms with E-state index >= 15 is 0 Å². The Balaban J connectivity index is 2.14. The van der Waals surface area contributed by atoms with Crippen LogP contribution in [0.1, 0.15) is 11.1 Å². The number of anilines is 1. The van der Waals surface area contributed by atoms with Crippen LogP contribution in [0.3, 0.4) is 0 Å². The summed E-state index contributed by atoms with van der Waals surface area (Å²) in [7, 11) is 0. The second-order valence-corrected chi connectivity index (χ2v) is 4.61. The first-order valence-corrected chi connectivity index (χ1v) is 6.09. The van der Waals surface area contributed by atoms with Crippen molar-refractivity contribution in [2.75, 3.05) is 5.32 Å². The summed E-state index contributed by atoms with van der Waals surface area (Å²) in [5.41, 5.74) is -0.275. The lowest BCUT2D eigenvalue weighted by Crippen LogP contribution is -2.09. The van der Waals surface area contributed by atoms with Gasteiger partial charge in [-0.25, -0.2) is 4.39 Å². The first-order chi connectivity index (χ1) is 9.36. The summed E-state index contributed by atoms with van der Waals surface area (Å²) in [6.45, 7) is 0.295. The fourth-order valence-electron chi connectivity index (χ4n) is 1.70. The van der Waals surface area contributed by atoms with Gasteiger partial charge in [0.25, 0.3) is 0 Å². The normalized spacial score (nSPS) is 11.4. The molecule has 0 atom stereocenters. The van der Waals surface area contributed by atoms with Crippen molar-refractivity contribution in [1.82, 2.24) is 0 Å². The molecule has 0 bridgehead atoms. The number of nitrogens with one attached hydrogen (secondary N) is 1. The lowest BCUT2D eigenvalue weighted by atomic mass is 10.1. The number of hydrogen-bond acceptors (Lipinski definition) is 1. The molecule has 2 rings (SSSR count). The minimum atomic E-state index is -4.71. The Bertz CT molecular complexity index is 610. The molecule has 2 aromatic rings. The summed E-state index contributed by atoms with van der Waals surface area (Å²) in [4.78, 5) is 0. The summed E-state index contributed by atoms with van der Waals surface area (Å²) in [6.07, 6.45) is -4.71. The van der Waals surface area contributed by atoms with Gasteiger partial charge >= 0.3 is 6.18 Å². The van der Waals surface area contributed by atoms with Gasteiger partial charge in [-0.3, -0.25) is 0 Å².